The molecule has 0 atom stereocenters. The Balaban J connectivity index is 1.36. The van der Waals surface area contributed by atoms with Gasteiger partial charge in [0, 0.05) is 31.6 Å². The van der Waals surface area contributed by atoms with Crippen LogP contribution in [0.1, 0.15) is 63.4 Å². The predicted octanol–water partition coefficient (Wildman–Crippen LogP) is 3.73. The highest BCUT2D eigenvalue weighted by molar-refractivity contribution is 5.77. The maximum Gasteiger partial charge on any atom is 0.315 e. The van der Waals surface area contributed by atoms with Crippen molar-refractivity contribution in [3.63, 3.8) is 0 Å². The molecule has 148 valence electrons. The van der Waals surface area contributed by atoms with Crippen LogP contribution in [-0.2, 0) is 11.3 Å². The van der Waals surface area contributed by atoms with E-state index in [0.29, 0.717) is 38.0 Å². The van der Waals surface area contributed by atoms with Crippen LogP contribution in [0.15, 0.2) is 24.3 Å². The average molecular weight is 375 g/mol. The number of nitrogens with one attached hydrogen (secondary N) is 2. The van der Waals surface area contributed by atoms with E-state index in [1.165, 1.54) is 31.4 Å². The Labute approximate surface area is 160 Å². The first-order valence-electron chi connectivity index (χ1n) is 10.2. The van der Waals surface area contributed by atoms with E-state index >= 15 is 0 Å². The van der Waals surface area contributed by atoms with Crippen molar-refractivity contribution in [1.29, 1.82) is 0 Å². The molecule has 0 aromatic heterocycles. The van der Waals surface area contributed by atoms with Gasteiger partial charge in [0.1, 0.15) is 5.82 Å². The van der Waals surface area contributed by atoms with Gasteiger partial charge in [0.25, 0.3) is 0 Å². The van der Waals surface area contributed by atoms with E-state index in [9.17, 15) is 14.0 Å². The molecule has 0 bridgehead atoms. The summed E-state index contributed by atoms with van der Waals surface area (Å²) < 4.78 is 13.1. The van der Waals surface area contributed by atoms with Crippen molar-refractivity contribution in [2.75, 3.05) is 6.54 Å². The minimum absolute atomic E-state index is 0.108. The third kappa shape index (κ3) is 6.52. The van der Waals surface area contributed by atoms with Gasteiger partial charge in [-0.3, -0.25) is 4.79 Å². The molecule has 0 radical (unpaired) electrons. The monoisotopic (exact) mass is 375 g/mol. The highest BCUT2D eigenvalue weighted by atomic mass is 19.1. The fourth-order valence-electron chi connectivity index (χ4n) is 3.66. The number of amides is 3. The van der Waals surface area contributed by atoms with Crippen LogP contribution in [0.2, 0.25) is 0 Å². The molecule has 0 heterocycles. The lowest BCUT2D eigenvalue weighted by Gasteiger charge is -2.23. The Morgan fingerprint density at radius 3 is 2.41 bits per heavy atom. The second-order valence-corrected chi connectivity index (χ2v) is 7.72. The normalized spacial score (nSPS) is 17.4. The molecule has 2 aliphatic carbocycles. The van der Waals surface area contributed by atoms with Gasteiger partial charge in [0.2, 0.25) is 5.91 Å². The fraction of sp³-hybridized carbons (Fsp3) is 0.619. The van der Waals surface area contributed by atoms with Crippen LogP contribution >= 0.6 is 0 Å². The summed E-state index contributed by atoms with van der Waals surface area (Å²) in [6.45, 7) is 1.03. The quantitative estimate of drug-likeness (QED) is 0.680. The first kappa shape index (κ1) is 19.6. The number of hydrogen-bond donors (Lipinski definition) is 2. The molecule has 0 spiro atoms. The summed E-state index contributed by atoms with van der Waals surface area (Å²) in [6, 6.07) is 6.80. The molecule has 2 aliphatic rings. The van der Waals surface area contributed by atoms with Gasteiger partial charge in [0.15, 0.2) is 0 Å². The van der Waals surface area contributed by atoms with Crippen molar-refractivity contribution in [1.82, 2.24) is 15.5 Å². The van der Waals surface area contributed by atoms with Crippen molar-refractivity contribution in [3.05, 3.63) is 35.6 Å². The summed E-state index contributed by atoms with van der Waals surface area (Å²) in [4.78, 5) is 26.4. The van der Waals surface area contributed by atoms with Crippen molar-refractivity contribution in [2.24, 2.45) is 0 Å². The second-order valence-electron chi connectivity index (χ2n) is 7.72. The minimum Gasteiger partial charge on any atom is -0.338 e. The largest absolute Gasteiger partial charge is 0.338 e. The Bertz CT molecular complexity index is 625. The van der Waals surface area contributed by atoms with E-state index in [2.05, 4.69) is 10.6 Å². The zero-order chi connectivity index (χ0) is 19.1. The SMILES string of the molecule is O=C(NCCCC(=O)N(Cc1ccc(F)cc1)C1CC1)NC1CCCCC1. The maximum absolute atomic E-state index is 13.1. The van der Waals surface area contributed by atoms with Crippen LogP contribution in [-0.4, -0.2) is 35.5 Å². The van der Waals surface area contributed by atoms with Crippen LogP contribution in [0, 0.1) is 5.82 Å². The molecule has 3 rings (SSSR count). The summed E-state index contributed by atoms with van der Waals surface area (Å²) in [5.41, 5.74) is 0.946. The topological polar surface area (TPSA) is 61.4 Å². The fourth-order valence-corrected chi connectivity index (χ4v) is 3.66. The second kappa shape index (κ2) is 9.72. The van der Waals surface area contributed by atoms with Crippen LogP contribution < -0.4 is 10.6 Å². The van der Waals surface area contributed by atoms with E-state index in [1.807, 2.05) is 4.90 Å². The third-order valence-electron chi connectivity index (χ3n) is 5.37. The average Bonchev–Trinajstić information content (AvgIpc) is 3.50. The predicted molar refractivity (Wildman–Crippen MR) is 103 cm³/mol. The lowest BCUT2D eigenvalue weighted by Crippen LogP contribution is -2.43. The van der Waals surface area contributed by atoms with E-state index < -0.39 is 0 Å². The minimum atomic E-state index is -0.263. The zero-order valence-corrected chi connectivity index (χ0v) is 15.9. The number of rotatable bonds is 8. The number of benzene rings is 1. The van der Waals surface area contributed by atoms with Crippen molar-refractivity contribution in [2.45, 2.75) is 76.4 Å². The summed E-state index contributed by atoms with van der Waals surface area (Å²) in [5, 5.41) is 5.88. The Hall–Kier alpha value is -2.11. The first-order valence-corrected chi connectivity index (χ1v) is 10.2. The van der Waals surface area contributed by atoms with Gasteiger partial charge >= 0.3 is 6.03 Å². The van der Waals surface area contributed by atoms with Gasteiger partial charge in [0.05, 0.1) is 0 Å². The molecular formula is C21H30FN3O2. The number of urea groups is 1. The van der Waals surface area contributed by atoms with Gasteiger partial charge in [-0.1, -0.05) is 31.4 Å². The molecule has 1 aromatic rings. The molecule has 2 N–H and O–H groups in total. The highest BCUT2D eigenvalue weighted by Crippen LogP contribution is 2.29. The number of carbonyl (C=O) groups excluding carboxylic acids is 2. The van der Waals surface area contributed by atoms with Crippen LogP contribution in [0.25, 0.3) is 0 Å². The van der Waals surface area contributed by atoms with E-state index in [1.54, 1.807) is 12.1 Å². The number of nitrogens with zero attached hydrogens (tertiary/aromatic N) is 1. The van der Waals surface area contributed by atoms with Gasteiger partial charge in [-0.05, 0) is 49.8 Å². The molecule has 0 aliphatic heterocycles. The van der Waals surface area contributed by atoms with E-state index in [4.69, 9.17) is 0 Å². The third-order valence-corrected chi connectivity index (χ3v) is 5.37. The molecule has 2 fully saturated rings. The van der Waals surface area contributed by atoms with Gasteiger partial charge in [-0.2, -0.15) is 0 Å². The Kier molecular flexibility index (Phi) is 7.07. The van der Waals surface area contributed by atoms with Gasteiger partial charge in [-0.15, -0.1) is 0 Å². The lowest BCUT2D eigenvalue weighted by atomic mass is 9.96. The summed E-state index contributed by atoms with van der Waals surface area (Å²) in [7, 11) is 0. The summed E-state index contributed by atoms with van der Waals surface area (Å²) in [6.07, 6.45) is 8.87. The molecule has 0 saturated heterocycles. The van der Waals surface area contributed by atoms with Gasteiger partial charge in [-0.25, -0.2) is 9.18 Å². The number of hydrogen-bond acceptors (Lipinski definition) is 2. The zero-order valence-electron chi connectivity index (χ0n) is 15.9. The molecule has 6 heteroatoms. The highest BCUT2D eigenvalue weighted by Gasteiger charge is 2.32. The smallest absolute Gasteiger partial charge is 0.315 e. The van der Waals surface area contributed by atoms with Crippen molar-refractivity contribution < 1.29 is 14.0 Å². The standard InChI is InChI=1S/C21H30FN3O2/c22-17-10-8-16(9-11-17)15-25(19-12-13-19)20(26)7-4-14-23-21(27)24-18-5-2-1-3-6-18/h8-11,18-19H,1-7,12-15H2,(H2,23,24,27). The molecule has 2 saturated carbocycles. The molecule has 0 unspecified atom stereocenters. The Morgan fingerprint density at radius 2 is 1.74 bits per heavy atom. The summed E-state index contributed by atoms with van der Waals surface area (Å²) >= 11 is 0. The number of carbonyl (C=O) groups is 2. The molecule has 27 heavy (non-hydrogen) atoms. The molecule has 5 nitrogen and oxygen atoms in total. The van der Waals surface area contributed by atoms with Crippen LogP contribution in [0.3, 0.4) is 0 Å². The van der Waals surface area contributed by atoms with Crippen LogP contribution in [0.5, 0.6) is 0 Å². The van der Waals surface area contributed by atoms with Crippen molar-refractivity contribution in [3.8, 4) is 0 Å². The molecule has 3 amide bonds. The first-order chi connectivity index (χ1) is 13.1. The van der Waals surface area contributed by atoms with E-state index in [-0.39, 0.29) is 17.8 Å². The van der Waals surface area contributed by atoms with Gasteiger partial charge < -0.3 is 15.5 Å². The number of halogens is 1. The Morgan fingerprint density at radius 1 is 1.04 bits per heavy atom. The molecular weight excluding hydrogens is 345 g/mol. The lowest BCUT2D eigenvalue weighted by molar-refractivity contribution is -0.132. The van der Waals surface area contributed by atoms with Crippen LogP contribution in [0.4, 0.5) is 9.18 Å². The maximum atomic E-state index is 13.1. The molecule has 1 aromatic carbocycles. The van der Waals surface area contributed by atoms with E-state index in [0.717, 1.165) is 31.2 Å². The summed E-state index contributed by atoms with van der Waals surface area (Å²) in [5.74, 6) is -0.156. The van der Waals surface area contributed by atoms with Crippen molar-refractivity contribution >= 4 is 11.9 Å².